The Morgan fingerprint density at radius 3 is 2.59 bits per heavy atom. The van der Waals surface area contributed by atoms with Crippen molar-refractivity contribution in [2.75, 3.05) is 40.5 Å². The van der Waals surface area contributed by atoms with E-state index >= 15 is 0 Å². The number of likely N-dealkylation sites (tertiary alicyclic amines) is 1. The molecule has 1 fully saturated rings. The predicted octanol–water partition coefficient (Wildman–Crippen LogP) is 4.10. The monoisotopic (exact) mass is 427 g/mol. The predicted molar refractivity (Wildman–Crippen MR) is 107 cm³/mol. The lowest BCUT2D eigenvalue weighted by Gasteiger charge is -2.20. The molecule has 0 saturated carbocycles. The van der Waals surface area contributed by atoms with Crippen LogP contribution in [0.4, 0.5) is 8.78 Å². The molecule has 0 spiro atoms. The van der Waals surface area contributed by atoms with Crippen LogP contribution in [0.1, 0.15) is 6.42 Å². The van der Waals surface area contributed by atoms with E-state index in [2.05, 4.69) is 0 Å². The second kappa shape index (κ2) is 9.15. The zero-order valence-corrected chi connectivity index (χ0v) is 17.1. The zero-order valence-electron chi connectivity index (χ0n) is 16.3. The first-order chi connectivity index (χ1) is 13.8. The summed E-state index contributed by atoms with van der Waals surface area (Å²) in [5, 5.41) is 10.6. The van der Waals surface area contributed by atoms with Crippen LogP contribution in [0, 0.1) is 0 Å². The summed E-state index contributed by atoms with van der Waals surface area (Å²) in [7, 11) is 3.15. The smallest absolute Gasteiger partial charge is 0.261 e. The third-order valence-electron chi connectivity index (χ3n) is 4.75. The van der Waals surface area contributed by atoms with Crippen LogP contribution >= 0.6 is 11.6 Å². The molecule has 0 radical (unpaired) electrons. The highest BCUT2D eigenvalue weighted by molar-refractivity contribution is 6.31. The SMILES string of the molecule is COc1ccc(OC)c(-c2cc(Cl)cc(OCC(O)CN3CCC(F)(F)C3)c2)c1. The molecule has 1 heterocycles. The molecule has 1 atom stereocenters. The lowest BCUT2D eigenvalue weighted by Crippen LogP contribution is -2.35. The summed E-state index contributed by atoms with van der Waals surface area (Å²) < 4.78 is 42.9. The fourth-order valence-electron chi connectivity index (χ4n) is 3.35. The quantitative estimate of drug-likeness (QED) is 0.687. The maximum absolute atomic E-state index is 13.3. The number of β-amino-alcohol motifs (C(OH)–C–C–N with tert-alkyl or cyclic N) is 1. The third-order valence-corrected chi connectivity index (χ3v) is 4.97. The highest BCUT2D eigenvalue weighted by atomic mass is 35.5. The Morgan fingerprint density at radius 1 is 1.14 bits per heavy atom. The summed E-state index contributed by atoms with van der Waals surface area (Å²) in [5.74, 6) is -0.906. The molecular weight excluding hydrogens is 404 g/mol. The molecule has 8 heteroatoms. The molecule has 1 unspecified atom stereocenters. The molecule has 1 saturated heterocycles. The molecule has 1 aliphatic heterocycles. The van der Waals surface area contributed by atoms with Crippen molar-refractivity contribution in [2.45, 2.75) is 18.4 Å². The first-order valence-electron chi connectivity index (χ1n) is 9.24. The molecule has 2 aromatic rings. The summed E-state index contributed by atoms with van der Waals surface area (Å²) in [6.45, 7) is 0.0336. The number of ether oxygens (including phenoxy) is 3. The Morgan fingerprint density at radius 2 is 1.93 bits per heavy atom. The van der Waals surface area contributed by atoms with Gasteiger partial charge in [-0.2, -0.15) is 0 Å². The number of alkyl halides is 2. The van der Waals surface area contributed by atoms with Crippen LogP contribution < -0.4 is 14.2 Å². The number of nitrogens with zero attached hydrogens (tertiary/aromatic N) is 1. The molecule has 158 valence electrons. The Balaban J connectivity index is 1.70. The van der Waals surface area contributed by atoms with Gasteiger partial charge in [0.2, 0.25) is 0 Å². The lowest BCUT2D eigenvalue weighted by molar-refractivity contribution is 0.00461. The van der Waals surface area contributed by atoms with Crippen molar-refractivity contribution < 1.29 is 28.1 Å². The van der Waals surface area contributed by atoms with E-state index in [0.717, 1.165) is 11.1 Å². The van der Waals surface area contributed by atoms with E-state index in [1.165, 1.54) is 0 Å². The summed E-state index contributed by atoms with van der Waals surface area (Å²) in [5.41, 5.74) is 1.54. The van der Waals surface area contributed by atoms with Gasteiger partial charge in [0, 0.05) is 30.1 Å². The van der Waals surface area contributed by atoms with Gasteiger partial charge in [0.05, 0.1) is 20.8 Å². The van der Waals surface area contributed by atoms with E-state index in [4.69, 9.17) is 25.8 Å². The minimum absolute atomic E-state index is 0.0307. The van der Waals surface area contributed by atoms with Gasteiger partial charge >= 0.3 is 0 Å². The third kappa shape index (κ3) is 5.72. The van der Waals surface area contributed by atoms with E-state index in [-0.39, 0.29) is 32.7 Å². The molecule has 3 rings (SSSR count). The van der Waals surface area contributed by atoms with Gasteiger partial charge in [-0.15, -0.1) is 0 Å². The average molecular weight is 428 g/mol. The second-order valence-corrected chi connectivity index (χ2v) is 7.48. The Bertz CT molecular complexity index is 849. The molecule has 29 heavy (non-hydrogen) atoms. The van der Waals surface area contributed by atoms with Crippen molar-refractivity contribution in [3.05, 3.63) is 41.4 Å². The van der Waals surface area contributed by atoms with Gasteiger partial charge in [0.25, 0.3) is 5.92 Å². The number of benzene rings is 2. The lowest BCUT2D eigenvalue weighted by atomic mass is 10.0. The van der Waals surface area contributed by atoms with Crippen LogP contribution in [0.5, 0.6) is 17.2 Å². The molecule has 2 aromatic carbocycles. The van der Waals surface area contributed by atoms with Crippen LogP contribution in [0.15, 0.2) is 36.4 Å². The molecule has 0 aromatic heterocycles. The van der Waals surface area contributed by atoms with Gasteiger partial charge in [-0.1, -0.05) is 11.6 Å². The largest absolute Gasteiger partial charge is 0.497 e. The zero-order chi connectivity index (χ0) is 21.0. The molecule has 1 aliphatic rings. The Kier molecular flexibility index (Phi) is 6.82. The number of aliphatic hydroxyl groups excluding tert-OH is 1. The molecule has 5 nitrogen and oxygen atoms in total. The van der Waals surface area contributed by atoms with Gasteiger partial charge in [-0.3, -0.25) is 4.90 Å². The summed E-state index contributed by atoms with van der Waals surface area (Å²) in [6, 6.07) is 10.6. The first-order valence-corrected chi connectivity index (χ1v) is 9.61. The number of aliphatic hydroxyl groups is 1. The van der Waals surface area contributed by atoms with Crippen molar-refractivity contribution in [3.8, 4) is 28.4 Å². The topological polar surface area (TPSA) is 51.2 Å². The minimum Gasteiger partial charge on any atom is -0.497 e. The van der Waals surface area contributed by atoms with Gasteiger partial charge < -0.3 is 19.3 Å². The van der Waals surface area contributed by atoms with Crippen LogP contribution in [-0.4, -0.2) is 62.5 Å². The van der Waals surface area contributed by atoms with Crippen molar-refractivity contribution >= 4 is 11.6 Å². The Hall–Kier alpha value is -2.09. The van der Waals surface area contributed by atoms with E-state index < -0.39 is 12.0 Å². The van der Waals surface area contributed by atoms with Crippen molar-refractivity contribution in [1.29, 1.82) is 0 Å². The minimum atomic E-state index is -2.68. The molecule has 0 bridgehead atoms. The molecular formula is C21H24ClF2NO4. The number of halogens is 3. The molecule has 0 amide bonds. The normalized spacial score (nSPS) is 17.2. The van der Waals surface area contributed by atoms with Crippen LogP contribution in [0.25, 0.3) is 11.1 Å². The fourth-order valence-corrected chi connectivity index (χ4v) is 3.57. The van der Waals surface area contributed by atoms with Crippen LogP contribution in [0.2, 0.25) is 5.02 Å². The number of hydrogen-bond donors (Lipinski definition) is 1. The summed E-state index contributed by atoms with van der Waals surface area (Å²) in [6.07, 6.45) is -1.07. The maximum Gasteiger partial charge on any atom is 0.261 e. The fraction of sp³-hybridized carbons (Fsp3) is 0.429. The van der Waals surface area contributed by atoms with Crippen molar-refractivity contribution in [1.82, 2.24) is 4.90 Å². The first kappa shape index (κ1) is 21.6. The average Bonchev–Trinajstić information content (AvgIpc) is 3.03. The standard InChI is InChI=1S/C21H24ClF2NO4/c1-27-17-3-4-20(28-2)19(10-17)14-7-15(22)9-18(8-14)29-12-16(26)11-25-6-5-21(23,24)13-25/h3-4,7-10,16,26H,5-6,11-13H2,1-2H3. The van der Waals surface area contributed by atoms with Gasteiger partial charge in [0.1, 0.15) is 30.0 Å². The van der Waals surface area contributed by atoms with Gasteiger partial charge in [-0.05, 0) is 42.0 Å². The van der Waals surface area contributed by atoms with Crippen LogP contribution in [0.3, 0.4) is 0 Å². The van der Waals surface area contributed by atoms with E-state index in [1.807, 2.05) is 6.07 Å². The van der Waals surface area contributed by atoms with Crippen LogP contribution in [-0.2, 0) is 0 Å². The number of hydrogen-bond acceptors (Lipinski definition) is 5. The van der Waals surface area contributed by atoms with Gasteiger partial charge in [0.15, 0.2) is 0 Å². The Labute approximate surface area is 173 Å². The summed E-state index contributed by atoms with van der Waals surface area (Å²) in [4.78, 5) is 1.54. The van der Waals surface area contributed by atoms with Crippen molar-refractivity contribution in [3.63, 3.8) is 0 Å². The van der Waals surface area contributed by atoms with Crippen molar-refractivity contribution in [2.24, 2.45) is 0 Å². The highest BCUT2D eigenvalue weighted by Gasteiger charge is 2.38. The van der Waals surface area contributed by atoms with Gasteiger partial charge in [-0.25, -0.2) is 8.78 Å². The maximum atomic E-state index is 13.3. The van der Waals surface area contributed by atoms with E-state index in [1.54, 1.807) is 49.5 Å². The number of rotatable bonds is 8. The molecule has 0 aliphatic carbocycles. The molecule has 1 N–H and O–H groups in total. The highest BCUT2D eigenvalue weighted by Crippen LogP contribution is 2.36. The van der Waals surface area contributed by atoms with E-state index in [9.17, 15) is 13.9 Å². The second-order valence-electron chi connectivity index (χ2n) is 7.05. The summed E-state index contributed by atoms with van der Waals surface area (Å²) >= 11 is 6.25. The van der Waals surface area contributed by atoms with E-state index in [0.29, 0.717) is 22.3 Å². The number of methoxy groups -OCH3 is 2.